The van der Waals surface area contributed by atoms with E-state index in [1.807, 2.05) is 0 Å². The molecular formula is C15H14ClN3O4S. The summed E-state index contributed by atoms with van der Waals surface area (Å²) in [5.41, 5.74) is 3.05. The van der Waals surface area contributed by atoms with Crippen LogP contribution in [0.3, 0.4) is 0 Å². The first-order chi connectivity index (χ1) is 11.2. The number of rotatable bonds is 4. The Hall–Kier alpha value is -2.42. The number of sulfonamides is 1. The van der Waals surface area contributed by atoms with Crippen molar-refractivity contribution in [3.05, 3.63) is 58.6 Å². The predicted molar refractivity (Wildman–Crippen MR) is 90.6 cm³/mol. The van der Waals surface area contributed by atoms with Crippen molar-refractivity contribution in [2.24, 2.45) is 10.2 Å². The monoisotopic (exact) mass is 367 g/mol. The van der Waals surface area contributed by atoms with Gasteiger partial charge >= 0.3 is 0 Å². The normalized spacial score (nSPS) is 12.0. The van der Waals surface area contributed by atoms with Crippen LogP contribution in [0.1, 0.15) is 22.8 Å². The van der Waals surface area contributed by atoms with Gasteiger partial charge in [0.25, 0.3) is 5.91 Å². The van der Waals surface area contributed by atoms with E-state index in [9.17, 15) is 18.3 Å². The maximum Gasteiger partial charge on any atom is 0.271 e. The second-order valence-corrected chi connectivity index (χ2v) is 6.87. The van der Waals surface area contributed by atoms with Gasteiger partial charge in [0.2, 0.25) is 10.0 Å². The van der Waals surface area contributed by atoms with Gasteiger partial charge in [-0.2, -0.15) is 5.10 Å². The topological polar surface area (TPSA) is 122 Å². The summed E-state index contributed by atoms with van der Waals surface area (Å²) in [4.78, 5) is 11.9. The number of halogens is 1. The molecule has 24 heavy (non-hydrogen) atoms. The third-order valence-corrected chi connectivity index (χ3v) is 4.24. The summed E-state index contributed by atoms with van der Waals surface area (Å²) in [5.74, 6) is -0.660. The Morgan fingerprint density at radius 1 is 1.25 bits per heavy atom. The number of hydrogen-bond donors (Lipinski definition) is 3. The fourth-order valence-electron chi connectivity index (χ4n) is 1.87. The molecule has 0 aliphatic rings. The third-order valence-electron chi connectivity index (χ3n) is 3.10. The van der Waals surface area contributed by atoms with E-state index in [1.54, 1.807) is 6.92 Å². The molecule has 9 heteroatoms. The quantitative estimate of drug-likeness (QED) is 0.563. The van der Waals surface area contributed by atoms with E-state index in [1.165, 1.54) is 36.4 Å². The molecule has 0 saturated heterocycles. The fourth-order valence-corrected chi connectivity index (χ4v) is 2.60. The molecule has 0 radical (unpaired) electrons. The second kappa shape index (κ2) is 7.00. The largest absolute Gasteiger partial charge is 0.507 e. The van der Waals surface area contributed by atoms with Crippen LogP contribution in [0.5, 0.6) is 5.75 Å². The molecule has 0 aromatic heterocycles. The molecule has 2 aromatic rings. The molecule has 0 atom stereocenters. The van der Waals surface area contributed by atoms with Crippen molar-refractivity contribution in [2.45, 2.75) is 11.8 Å². The van der Waals surface area contributed by atoms with E-state index in [4.69, 9.17) is 16.7 Å². The van der Waals surface area contributed by atoms with Crippen LogP contribution in [0.25, 0.3) is 0 Å². The number of carbonyl (C=O) groups excluding carboxylic acids is 1. The number of phenols is 1. The Kier molecular flexibility index (Phi) is 5.23. The van der Waals surface area contributed by atoms with Crippen molar-refractivity contribution in [1.29, 1.82) is 0 Å². The van der Waals surface area contributed by atoms with Gasteiger partial charge < -0.3 is 5.11 Å². The molecule has 0 saturated carbocycles. The van der Waals surface area contributed by atoms with Gasteiger partial charge in [0.05, 0.1) is 10.6 Å². The molecule has 0 fully saturated rings. The summed E-state index contributed by atoms with van der Waals surface area (Å²) in [5, 5.41) is 19.1. The molecule has 0 bridgehead atoms. The highest BCUT2D eigenvalue weighted by Crippen LogP contribution is 2.22. The first kappa shape index (κ1) is 17.9. The lowest BCUT2D eigenvalue weighted by Gasteiger charge is -2.06. The first-order valence-electron chi connectivity index (χ1n) is 6.65. The van der Waals surface area contributed by atoms with E-state index >= 15 is 0 Å². The average molecular weight is 368 g/mol. The molecule has 2 rings (SSSR count). The van der Waals surface area contributed by atoms with Crippen LogP contribution >= 0.6 is 11.6 Å². The van der Waals surface area contributed by atoms with Crippen LogP contribution in [-0.2, 0) is 10.0 Å². The number of nitrogens with one attached hydrogen (secondary N) is 1. The molecule has 1 amide bonds. The Morgan fingerprint density at radius 3 is 2.62 bits per heavy atom. The van der Waals surface area contributed by atoms with Crippen LogP contribution in [-0.4, -0.2) is 25.1 Å². The number of benzene rings is 2. The molecule has 0 aliphatic carbocycles. The number of phenolic OH excluding ortho intramolecular Hbond substituents is 1. The predicted octanol–water partition coefficient (Wildman–Crippen LogP) is 1.85. The summed E-state index contributed by atoms with van der Waals surface area (Å²) in [6, 6.07) is 9.68. The molecular weight excluding hydrogens is 354 g/mol. The molecule has 2 aromatic carbocycles. The lowest BCUT2D eigenvalue weighted by molar-refractivity contribution is 0.0954. The lowest BCUT2D eigenvalue weighted by Crippen LogP contribution is -2.20. The highest BCUT2D eigenvalue weighted by atomic mass is 35.5. The van der Waals surface area contributed by atoms with Crippen molar-refractivity contribution in [3.8, 4) is 5.75 Å². The number of primary sulfonamides is 1. The Morgan fingerprint density at radius 2 is 1.96 bits per heavy atom. The molecule has 0 unspecified atom stereocenters. The van der Waals surface area contributed by atoms with Gasteiger partial charge in [-0.05, 0) is 43.3 Å². The Balaban J connectivity index is 2.22. The second-order valence-electron chi connectivity index (χ2n) is 4.87. The van der Waals surface area contributed by atoms with Gasteiger partial charge in [0.1, 0.15) is 5.75 Å². The van der Waals surface area contributed by atoms with E-state index in [0.29, 0.717) is 16.3 Å². The van der Waals surface area contributed by atoms with Gasteiger partial charge in [0, 0.05) is 16.1 Å². The number of hydrazone groups is 1. The smallest absolute Gasteiger partial charge is 0.271 e. The van der Waals surface area contributed by atoms with Crippen molar-refractivity contribution in [2.75, 3.05) is 0 Å². The van der Waals surface area contributed by atoms with Crippen LogP contribution in [0.15, 0.2) is 52.5 Å². The van der Waals surface area contributed by atoms with Crippen molar-refractivity contribution in [1.82, 2.24) is 5.43 Å². The molecule has 7 nitrogen and oxygen atoms in total. The summed E-state index contributed by atoms with van der Waals surface area (Å²) in [6.07, 6.45) is 0. The third kappa shape index (κ3) is 4.31. The maximum absolute atomic E-state index is 12.1. The number of carbonyl (C=O) groups is 1. The van der Waals surface area contributed by atoms with Crippen LogP contribution in [0, 0.1) is 0 Å². The Labute approximate surface area is 143 Å². The number of nitrogens with zero attached hydrogens (tertiary/aromatic N) is 1. The lowest BCUT2D eigenvalue weighted by atomic mass is 10.1. The standard InChI is InChI=1S/C15H14ClN3O4S/c1-9(13-8-11(16)5-6-14(13)20)18-19-15(21)10-3-2-4-12(7-10)24(17,22)23/h2-8,20H,1H3,(H,19,21)(H2,17,22,23)/b18-9-. The van der Waals surface area contributed by atoms with Crippen molar-refractivity contribution in [3.63, 3.8) is 0 Å². The molecule has 0 aliphatic heterocycles. The zero-order valence-corrected chi connectivity index (χ0v) is 14.1. The minimum absolute atomic E-state index is 0.0360. The minimum Gasteiger partial charge on any atom is -0.507 e. The highest BCUT2D eigenvalue weighted by molar-refractivity contribution is 7.89. The fraction of sp³-hybridized carbons (Fsp3) is 0.0667. The molecule has 0 heterocycles. The van der Waals surface area contributed by atoms with E-state index in [2.05, 4.69) is 10.5 Å². The van der Waals surface area contributed by atoms with E-state index < -0.39 is 15.9 Å². The van der Waals surface area contributed by atoms with Crippen molar-refractivity contribution >= 4 is 33.2 Å². The van der Waals surface area contributed by atoms with Gasteiger partial charge in [0.15, 0.2) is 0 Å². The zero-order valence-electron chi connectivity index (χ0n) is 12.5. The Bertz CT molecular complexity index is 926. The summed E-state index contributed by atoms with van der Waals surface area (Å²) >= 11 is 5.86. The van der Waals surface area contributed by atoms with Gasteiger partial charge in [-0.25, -0.2) is 19.0 Å². The van der Waals surface area contributed by atoms with E-state index in [-0.39, 0.29) is 16.2 Å². The first-order valence-corrected chi connectivity index (χ1v) is 8.57. The number of nitrogens with two attached hydrogens (primary N) is 1. The average Bonchev–Trinajstić information content (AvgIpc) is 2.54. The SMILES string of the molecule is C/C(=N/NC(=O)c1cccc(S(N)(=O)=O)c1)c1cc(Cl)ccc1O. The molecule has 0 spiro atoms. The number of amides is 1. The number of hydrogen-bond acceptors (Lipinski definition) is 5. The van der Waals surface area contributed by atoms with Crippen LogP contribution in [0.4, 0.5) is 0 Å². The van der Waals surface area contributed by atoms with Gasteiger partial charge in [-0.3, -0.25) is 4.79 Å². The summed E-state index contributed by atoms with van der Waals surface area (Å²) in [7, 11) is -3.91. The van der Waals surface area contributed by atoms with Crippen molar-refractivity contribution < 1.29 is 18.3 Å². The molecule has 4 N–H and O–H groups in total. The van der Waals surface area contributed by atoms with E-state index in [0.717, 1.165) is 6.07 Å². The summed E-state index contributed by atoms with van der Waals surface area (Å²) in [6.45, 7) is 1.58. The van der Waals surface area contributed by atoms with Gasteiger partial charge in [-0.1, -0.05) is 17.7 Å². The minimum atomic E-state index is -3.91. The zero-order chi connectivity index (χ0) is 17.9. The van der Waals surface area contributed by atoms with Crippen LogP contribution < -0.4 is 10.6 Å². The summed E-state index contributed by atoms with van der Waals surface area (Å²) < 4.78 is 22.6. The number of aromatic hydroxyl groups is 1. The van der Waals surface area contributed by atoms with Crippen LogP contribution in [0.2, 0.25) is 5.02 Å². The highest BCUT2D eigenvalue weighted by Gasteiger charge is 2.12. The maximum atomic E-state index is 12.1. The van der Waals surface area contributed by atoms with Gasteiger partial charge in [-0.15, -0.1) is 0 Å². The molecule has 126 valence electrons.